The standard InChI is InChI=1S/C22H19FN4O2S2/c1-2-29-17-9-5-15(6-10-17)20-26-19(14-3-7-16(23)8-4-14)21(27-20)31-13-18(28)25-22-24-11-12-30-22/h3-12H,2,13H2,1H3,(H,26,27)(H,24,25,28). The van der Waals surface area contributed by atoms with E-state index in [0.29, 0.717) is 22.6 Å². The Morgan fingerprint density at radius 1 is 1.16 bits per heavy atom. The Balaban J connectivity index is 1.58. The van der Waals surface area contributed by atoms with Gasteiger partial charge in [-0.2, -0.15) is 0 Å². The quantitative estimate of drug-likeness (QED) is 0.345. The van der Waals surface area contributed by atoms with Gasteiger partial charge < -0.3 is 15.0 Å². The number of hydrogen-bond acceptors (Lipinski definition) is 6. The van der Waals surface area contributed by atoms with E-state index in [4.69, 9.17) is 9.72 Å². The lowest BCUT2D eigenvalue weighted by Crippen LogP contribution is -2.13. The average molecular weight is 455 g/mol. The molecule has 31 heavy (non-hydrogen) atoms. The SMILES string of the molecule is CCOc1ccc(-c2nc(SCC(=O)Nc3nccs3)c(-c3ccc(F)cc3)[nH]2)cc1. The number of aromatic amines is 1. The first-order valence-electron chi connectivity index (χ1n) is 9.53. The summed E-state index contributed by atoms with van der Waals surface area (Å²) in [5.74, 6) is 1.12. The van der Waals surface area contributed by atoms with Gasteiger partial charge in [-0.25, -0.2) is 14.4 Å². The van der Waals surface area contributed by atoms with Gasteiger partial charge in [0, 0.05) is 22.7 Å². The van der Waals surface area contributed by atoms with Crippen LogP contribution >= 0.6 is 23.1 Å². The molecule has 2 heterocycles. The largest absolute Gasteiger partial charge is 0.494 e. The molecule has 1 amide bonds. The molecule has 4 rings (SSSR count). The van der Waals surface area contributed by atoms with Crippen LogP contribution in [0.1, 0.15) is 6.92 Å². The molecule has 6 nitrogen and oxygen atoms in total. The Bertz CT molecular complexity index is 1140. The molecular weight excluding hydrogens is 435 g/mol. The van der Waals surface area contributed by atoms with Gasteiger partial charge in [0.15, 0.2) is 5.13 Å². The summed E-state index contributed by atoms with van der Waals surface area (Å²) < 4.78 is 18.9. The monoisotopic (exact) mass is 454 g/mol. The molecule has 0 aliphatic carbocycles. The molecular formula is C22H19FN4O2S2. The van der Waals surface area contributed by atoms with Crippen molar-refractivity contribution < 1.29 is 13.9 Å². The third-order valence-electron chi connectivity index (χ3n) is 4.26. The average Bonchev–Trinajstić information content (AvgIpc) is 3.44. The summed E-state index contributed by atoms with van der Waals surface area (Å²) in [5.41, 5.74) is 2.40. The van der Waals surface area contributed by atoms with Gasteiger partial charge in [0.05, 0.1) is 18.1 Å². The number of carbonyl (C=O) groups excluding carboxylic acids is 1. The lowest BCUT2D eigenvalue weighted by Gasteiger charge is -2.03. The molecule has 2 aromatic carbocycles. The van der Waals surface area contributed by atoms with Crippen LogP contribution in [0.4, 0.5) is 9.52 Å². The molecule has 0 saturated heterocycles. The van der Waals surface area contributed by atoms with Crippen molar-refractivity contribution in [3.8, 4) is 28.4 Å². The maximum absolute atomic E-state index is 13.4. The third kappa shape index (κ3) is 5.31. The number of aromatic nitrogens is 3. The van der Waals surface area contributed by atoms with Crippen LogP contribution in [0.5, 0.6) is 5.75 Å². The highest BCUT2D eigenvalue weighted by molar-refractivity contribution is 8.00. The lowest BCUT2D eigenvalue weighted by molar-refractivity contribution is -0.113. The number of thiazole rings is 1. The van der Waals surface area contributed by atoms with Gasteiger partial charge in [-0.05, 0) is 55.5 Å². The zero-order valence-electron chi connectivity index (χ0n) is 16.6. The molecule has 0 saturated carbocycles. The van der Waals surface area contributed by atoms with Gasteiger partial charge in [0.25, 0.3) is 0 Å². The Labute approximate surface area is 186 Å². The predicted octanol–water partition coefficient (Wildman–Crippen LogP) is 5.47. The number of anilines is 1. The summed E-state index contributed by atoms with van der Waals surface area (Å²) in [4.78, 5) is 24.4. The maximum atomic E-state index is 13.4. The number of halogens is 1. The number of carbonyl (C=O) groups is 1. The van der Waals surface area contributed by atoms with Crippen LogP contribution in [0.2, 0.25) is 0 Å². The number of benzene rings is 2. The fourth-order valence-electron chi connectivity index (χ4n) is 2.86. The van der Waals surface area contributed by atoms with E-state index in [0.717, 1.165) is 22.6 Å². The van der Waals surface area contributed by atoms with E-state index in [1.54, 1.807) is 23.7 Å². The zero-order valence-corrected chi connectivity index (χ0v) is 18.2. The van der Waals surface area contributed by atoms with Gasteiger partial charge in [0.2, 0.25) is 5.91 Å². The van der Waals surface area contributed by atoms with E-state index in [1.807, 2.05) is 31.2 Å². The van der Waals surface area contributed by atoms with Crippen molar-refractivity contribution in [2.24, 2.45) is 0 Å². The second-order valence-corrected chi connectivity index (χ2v) is 8.26. The van der Waals surface area contributed by atoms with E-state index in [1.165, 1.54) is 35.2 Å². The Morgan fingerprint density at radius 3 is 2.58 bits per heavy atom. The summed E-state index contributed by atoms with van der Waals surface area (Å²) in [5, 5.41) is 5.77. The Hall–Kier alpha value is -3.17. The molecule has 0 aliphatic rings. The molecule has 158 valence electrons. The van der Waals surface area contributed by atoms with Crippen molar-refractivity contribution in [2.45, 2.75) is 11.9 Å². The minimum atomic E-state index is -0.313. The molecule has 4 aromatic rings. The van der Waals surface area contributed by atoms with Crippen LogP contribution in [0.3, 0.4) is 0 Å². The number of amides is 1. The summed E-state index contributed by atoms with van der Waals surface area (Å²) in [6, 6.07) is 13.8. The van der Waals surface area contributed by atoms with Crippen LogP contribution < -0.4 is 10.1 Å². The molecule has 9 heteroatoms. The molecule has 0 radical (unpaired) electrons. The van der Waals surface area contributed by atoms with E-state index >= 15 is 0 Å². The topological polar surface area (TPSA) is 79.9 Å². The van der Waals surface area contributed by atoms with Gasteiger partial charge in [-0.3, -0.25) is 4.79 Å². The number of H-pyrrole nitrogens is 1. The molecule has 0 bridgehead atoms. The molecule has 0 spiro atoms. The highest BCUT2D eigenvalue weighted by Gasteiger charge is 2.16. The maximum Gasteiger partial charge on any atom is 0.236 e. The number of nitrogens with one attached hydrogen (secondary N) is 2. The molecule has 0 fully saturated rings. The first kappa shape index (κ1) is 21.1. The van der Waals surface area contributed by atoms with Crippen molar-refractivity contribution in [3.05, 3.63) is 65.9 Å². The highest BCUT2D eigenvalue weighted by Crippen LogP contribution is 2.33. The zero-order chi connectivity index (χ0) is 21.6. The molecule has 0 aliphatic heterocycles. The van der Waals surface area contributed by atoms with Crippen molar-refractivity contribution in [1.82, 2.24) is 15.0 Å². The fraction of sp³-hybridized carbons (Fsp3) is 0.136. The number of hydrogen-bond donors (Lipinski definition) is 2. The van der Waals surface area contributed by atoms with E-state index in [2.05, 4.69) is 15.3 Å². The second-order valence-electron chi connectivity index (χ2n) is 6.40. The number of thioether (sulfide) groups is 1. The van der Waals surface area contributed by atoms with Gasteiger partial charge >= 0.3 is 0 Å². The number of ether oxygens (including phenoxy) is 1. The van der Waals surface area contributed by atoms with Crippen molar-refractivity contribution in [1.29, 1.82) is 0 Å². The summed E-state index contributed by atoms with van der Waals surface area (Å²) in [6.45, 7) is 2.53. The summed E-state index contributed by atoms with van der Waals surface area (Å²) in [7, 11) is 0. The lowest BCUT2D eigenvalue weighted by atomic mass is 10.2. The van der Waals surface area contributed by atoms with Crippen molar-refractivity contribution in [2.75, 3.05) is 17.7 Å². The van der Waals surface area contributed by atoms with Crippen LogP contribution in [0.15, 0.2) is 65.1 Å². The summed E-state index contributed by atoms with van der Waals surface area (Å²) in [6.07, 6.45) is 1.64. The molecule has 2 N–H and O–H groups in total. The molecule has 0 unspecified atom stereocenters. The summed E-state index contributed by atoms with van der Waals surface area (Å²) >= 11 is 2.67. The van der Waals surface area contributed by atoms with Crippen molar-refractivity contribution >= 4 is 34.1 Å². The van der Waals surface area contributed by atoms with Crippen LogP contribution in [-0.2, 0) is 4.79 Å². The fourth-order valence-corrected chi connectivity index (χ4v) is 4.21. The van der Waals surface area contributed by atoms with Crippen molar-refractivity contribution in [3.63, 3.8) is 0 Å². The number of imidazole rings is 1. The Kier molecular flexibility index (Phi) is 6.63. The minimum absolute atomic E-state index is 0.168. The first-order chi connectivity index (χ1) is 15.1. The first-order valence-corrected chi connectivity index (χ1v) is 11.4. The third-order valence-corrected chi connectivity index (χ3v) is 5.92. The molecule has 0 atom stereocenters. The number of nitrogens with zero attached hydrogens (tertiary/aromatic N) is 2. The Morgan fingerprint density at radius 2 is 1.90 bits per heavy atom. The van der Waals surface area contributed by atoms with Crippen LogP contribution in [0, 0.1) is 5.82 Å². The molecule has 2 aromatic heterocycles. The normalized spacial score (nSPS) is 10.8. The van der Waals surface area contributed by atoms with E-state index in [9.17, 15) is 9.18 Å². The van der Waals surface area contributed by atoms with Gasteiger partial charge in [0.1, 0.15) is 22.4 Å². The van der Waals surface area contributed by atoms with Gasteiger partial charge in [-0.1, -0.05) is 11.8 Å². The second kappa shape index (κ2) is 9.76. The van der Waals surface area contributed by atoms with Crippen LogP contribution in [0.25, 0.3) is 22.6 Å². The van der Waals surface area contributed by atoms with E-state index < -0.39 is 0 Å². The smallest absolute Gasteiger partial charge is 0.236 e. The van der Waals surface area contributed by atoms with E-state index in [-0.39, 0.29) is 17.5 Å². The van der Waals surface area contributed by atoms with Crippen LogP contribution in [-0.4, -0.2) is 33.2 Å². The number of rotatable bonds is 8. The minimum Gasteiger partial charge on any atom is -0.494 e. The highest BCUT2D eigenvalue weighted by atomic mass is 32.2. The van der Waals surface area contributed by atoms with Gasteiger partial charge in [-0.15, -0.1) is 11.3 Å². The predicted molar refractivity (Wildman–Crippen MR) is 122 cm³/mol.